The second-order valence-corrected chi connectivity index (χ2v) is 4.76. The molecule has 0 saturated carbocycles. The van der Waals surface area contributed by atoms with Crippen molar-refractivity contribution in [1.82, 2.24) is 0 Å². The molecule has 0 aliphatic heterocycles. The van der Waals surface area contributed by atoms with E-state index in [1.54, 1.807) is 6.07 Å². The third-order valence-electron chi connectivity index (χ3n) is 2.27. The number of carboxylic acid groups (broad SMARTS) is 1. The number of carbonyl (C=O) groups is 1. The first-order chi connectivity index (χ1) is 8.00. The van der Waals surface area contributed by atoms with Gasteiger partial charge in [-0.05, 0) is 17.5 Å². The van der Waals surface area contributed by atoms with Crippen molar-refractivity contribution in [2.75, 3.05) is 6.61 Å². The van der Waals surface area contributed by atoms with Gasteiger partial charge in [0, 0.05) is 11.4 Å². The summed E-state index contributed by atoms with van der Waals surface area (Å²) in [5, 5.41) is 9.65. The Morgan fingerprint density at radius 2 is 2.06 bits per heavy atom. The largest absolute Gasteiger partial charge is 0.479 e. The normalized spacial score (nSPS) is 12.7. The number of benzene rings is 1. The molecule has 0 aliphatic rings. The summed E-state index contributed by atoms with van der Waals surface area (Å²) in [4.78, 5) is 11.1. The van der Waals surface area contributed by atoms with E-state index in [4.69, 9.17) is 21.4 Å². The van der Waals surface area contributed by atoms with Crippen LogP contribution in [0.5, 0.6) is 0 Å². The topological polar surface area (TPSA) is 46.5 Å². The molecular weight excluding hydrogens is 240 g/mol. The molecule has 1 unspecified atom stereocenters. The van der Waals surface area contributed by atoms with Crippen molar-refractivity contribution in [3.63, 3.8) is 0 Å². The Balaban J connectivity index is 2.67. The quantitative estimate of drug-likeness (QED) is 0.851. The third-order valence-corrected chi connectivity index (χ3v) is 2.64. The van der Waals surface area contributed by atoms with Crippen LogP contribution in [0, 0.1) is 5.92 Å². The van der Waals surface area contributed by atoms with Crippen molar-refractivity contribution >= 4 is 17.6 Å². The number of hydrogen-bond acceptors (Lipinski definition) is 2. The smallest absolute Gasteiger partial charge is 0.333 e. The van der Waals surface area contributed by atoms with E-state index >= 15 is 0 Å². The lowest BCUT2D eigenvalue weighted by molar-refractivity contribution is -0.150. The molecule has 0 fully saturated rings. The molecule has 0 heterocycles. The second kappa shape index (κ2) is 6.62. The molecule has 3 nitrogen and oxygen atoms in total. The van der Waals surface area contributed by atoms with Crippen molar-refractivity contribution in [2.45, 2.75) is 26.4 Å². The molecule has 0 spiro atoms. The first-order valence-corrected chi connectivity index (χ1v) is 5.96. The number of rotatable bonds is 6. The SMILES string of the molecule is CC(C)COC(Cc1ccccc1Cl)C(=O)O. The maximum Gasteiger partial charge on any atom is 0.333 e. The molecule has 4 heteroatoms. The molecule has 0 amide bonds. The van der Waals surface area contributed by atoms with Gasteiger partial charge in [-0.15, -0.1) is 0 Å². The predicted molar refractivity (Wildman–Crippen MR) is 67.4 cm³/mol. The minimum absolute atomic E-state index is 0.293. The van der Waals surface area contributed by atoms with Gasteiger partial charge in [0.05, 0.1) is 6.61 Å². The Kier molecular flexibility index (Phi) is 5.45. The second-order valence-electron chi connectivity index (χ2n) is 4.35. The fourth-order valence-electron chi connectivity index (χ4n) is 1.39. The van der Waals surface area contributed by atoms with Gasteiger partial charge in [-0.25, -0.2) is 4.79 Å². The number of hydrogen-bond donors (Lipinski definition) is 1. The van der Waals surface area contributed by atoms with Crippen molar-refractivity contribution in [2.24, 2.45) is 5.92 Å². The summed E-state index contributed by atoms with van der Waals surface area (Å²) in [5.74, 6) is -0.645. The minimum atomic E-state index is -0.953. The van der Waals surface area contributed by atoms with E-state index in [1.165, 1.54) is 0 Å². The first kappa shape index (κ1) is 14.0. The van der Waals surface area contributed by atoms with Crippen LogP contribution in [0.2, 0.25) is 5.02 Å². The van der Waals surface area contributed by atoms with Gasteiger partial charge in [0.25, 0.3) is 0 Å². The lowest BCUT2D eigenvalue weighted by Crippen LogP contribution is -2.28. The van der Waals surface area contributed by atoms with Crippen LogP contribution in [0.4, 0.5) is 0 Å². The van der Waals surface area contributed by atoms with E-state index in [2.05, 4.69) is 0 Å². The third kappa shape index (κ3) is 4.75. The van der Waals surface area contributed by atoms with Crippen LogP contribution in [-0.4, -0.2) is 23.8 Å². The Morgan fingerprint density at radius 3 is 2.59 bits per heavy atom. The monoisotopic (exact) mass is 256 g/mol. The summed E-state index contributed by atoms with van der Waals surface area (Å²) in [6.07, 6.45) is -0.542. The van der Waals surface area contributed by atoms with Crippen LogP contribution in [0.3, 0.4) is 0 Å². The molecule has 0 radical (unpaired) electrons. The van der Waals surface area contributed by atoms with E-state index in [0.717, 1.165) is 5.56 Å². The first-order valence-electron chi connectivity index (χ1n) is 5.58. The van der Waals surface area contributed by atoms with E-state index in [9.17, 15) is 4.79 Å². The fourth-order valence-corrected chi connectivity index (χ4v) is 1.60. The highest BCUT2D eigenvalue weighted by atomic mass is 35.5. The van der Waals surface area contributed by atoms with Gasteiger partial charge in [0.2, 0.25) is 0 Å². The molecule has 1 N–H and O–H groups in total. The molecular formula is C13H17ClO3. The highest BCUT2D eigenvalue weighted by Crippen LogP contribution is 2.18. The van der Waals surface area contributed by atoms with Gasteiger partial charge in [0.15, 0.2) is 6.10 Å². The molecule has 1 rings (SSSR count). The lowest BCUT2D eigenvalue weighted by Gasteiger charge is -2.15. The fraction of sp³-hybridized carbons (Fsp3) is 0.462. The average Bonchev–Trinajstić information content (AvgIpc) is 2.25. The van der Waals surface area contributed by atoms with Crippen molar-refractivity contribution < 1.29 is 14.6 Å². The maximum atomic E-state index is 11.1. The van der Waals surface area contributed by atoms with Gasteiger partial charge in [0.1, 0.15) is 0 Å². The maximum absolute atomic E-state index is 11.1. The number of aliphatic carboxylic acids is 1. The summed E-state index contributed by atoms with van der Waals surface area (Å²) in [6.45, 7) is 4.39. The summed E-state index contributed by atoms with van der Waals surface area (Å²) >= 11 is 5.99. The summed E-state index contributed by atoms with van der Waals surface area (Å²) in [7, 11) is 0. The van der Waals surface area contributed by atoms with E-state index in [0.29, 0.717) is 24.0 Å². The molecule has 1 atom stereocenters. The van der Waals surface area contributed by atoms with Gasteiger partial charge >= 0.3 is 5.97 Å². The summed E-state index contributed by atoms with van der Waals surface area (Å²) < 4.78 is 5.37. The summed E-state index contributed by atoms with van der Waals surface area (Å²) in [5.41, 5.74) is 0.797. The highest BCUT2D eigenvalue weighted by Gasteiger charge is 2.20. The Hall–Kier alpha value is -1.06. The zero-order valence-corrected chi connectivity index (χ0v) is 10.8. The number of carboxylic acids is 1. The van der Waals surface area contributed by atoms with Crippen molar-refractivity contribution in [1.29, 1.82) is 0 Å². The number of halogens is 1. The van der Waals surface area contributed by atoms with Crippen molar-refractivity contribution in [3.8, 4) is 0 Å². The van der Waals surface area contributed by atoms with Crippen LogP contribution in [0.1, 0.15) is 19.4 Å². The average molecular weight is 257 g/mol. The van der Waals surface area contributed by atoms with Gasteiger partial charge in [-0.1, -0.05) is 43.6 Å². The Morgan fingerprint density at radius 1 is 1.41 bits per heavy atom. The van der Waals surface area contributed by atoms with Crippen molar-refractivity contribution in [3.05, 3.63) is 34.9 Å². The predicted octanol–water partition coefficient (Wildman–Crippen LogP) is 3.01. The lowest BCUT2D eigenvalue weighted by atomic mass is 10.1. The standard InChI is InChI=1S/C13H17ClO3/c1-9(2)8-17-12(13(15)16)7-10-5-3-4-6-11(10)14/h3-6,9,12H,7-8H2,1-2H3,(H,15,16). The van der Waals surface area contributed by atoms with E-state index in [-0.39, 0.29) is 0 Å². The molecule has 0 aromatic heterocycles. The van der Waals surface area contributed by atoms with Crippen LogP contribution in [0.25, 0.3) is 0 Å². The summed E-state index contributed by atoms with van der Waals surface area (Å²) in [6, 6.07) is 7.22. The van der Waals surface area contributed by atoms with E-state index in [1.807, 2.05) is 32.0 Å². The molecule has 0 saturated heterocycles. The molecule has 0 bridgehead atoms. The zero-order valence-electron chi connectivity index (χ0n) is 10.0. The molecule has 94 valence electrons. The molecule has 0 aliphatic carbocycles. The molecule has 1 aromatic carbocycles. The Bertz CT molecular complexity index is 377. The van der Waals surface area contributed by atoms with Crippen LogP contribution in [-0.2, 0) is 16.0 Å². The minimum Gasteiger partial charge on any atom is -0.479 e. The van der Waals surface area contributed by atoms with Crippen LogP contribution < -0.4 is 0 Å². The van der Waals surface area contributed by atoms with Gasteiger partial charge in [-0.3, -0.25) is 0 Å². The van der Waals surface area contributed by atoms with E-state index < -0.39 is 12.1 Å². The molecule has 1 aromatic rings. The van der Waals surface area contributed by atoms with Gasteiger partial charge in [-0.2, -0.15) is 0 Å². The van der Waals surface area contributed by atoms with Gasteiger partial charge < -0.3 is 9.84 Å². The highest BCUT2D eigenvalue weighted by molar-refractivity contribution is 6.31. The Labute approximate surface area is 106 Å². The zero-order chi connectivity index (χ0) is 12.8. The number of ether oxygens (including phenoxy) is 1. The molecule has 17 heavy (non-hydrogen) atoms. The van der Waals surface area contributed by atoms with Crippen LogP contribution >= 0.6 is 11.6 Å². The van der Waals surface area contributed by atoms with Crippen LogP contribution in [0.15, 0.2) is 24.3 Å².